The average Bonchev–Trinajstić information content (AvgIpc) is 3.30. The van der Waals surface area contributed by atoms with E-state index in [1.807, 2.05) is 29.6 Å². The van der Waals surface area contributed by atoms with Gasteiger partial charge >= 0.3 is 0 Å². The third-order valence-corrected chi connectivity index (χ3v) is 6.42. The molecular weight excluding hydrogens is 414 g/mol. The number of hydrogen-bond donors (Lipinski definition) is 0. The number of thiophene rings is 1. The molecule has 1 unspecified atom stereocenters. The van der Waals surface area contributed by atoms with Crippen LogP contribution < -0.4 is 10.3 Å². The number of piperazine rings is 1. The molecule has 9 heteroatoms. The highest BCUT2D eigenvalue weighted by Gasteiger charge is 2.27. The highest BCUT2D eigenvalue weighted by Crippen LogP contribution is 2.24. The number of ether oxygens (including phenoxy) is 1. The zero-order valence-electron chi connectivity index (χ0n) is 17.2. The molecule has 0 bridgehead atoms. The Labute approximate surface area is 183 Å². The smallest absolute Gasteiger partial charge is 0.262 e. The van der Waals surface area contributed by atoms with E-state index in [9.17, 15) is 14.9 Å². The number of benzene rings is 1. The zero-order valence-corrected chi connectivity index (χ0v) is 18.0. The highest BCUT2D eigenvalue weighted by atomic mass is 32.1. The molecule has 4 rings (SSSR count). The molecule has 3 heterocycles. The van der Waals surface area contributed by atoms with Crippen LogP contribution in [0.2, 0.25) is 0 Å². The Morgan fingerprint density at radius 2 is 1.97 bits per heavy atom. The molecule has 0 N–H and O–H groups in total. The van der Waals surface area contributed by atoms with Crippen LogP contribution in [-0.4, -0.2) is 58.5 Å². The van der Waals surface area contributed by atoms with E-state index in [0.29, 0.717) is 42.9 Å². The van der Waals surface area contributed by atoms with Crippen LogP contribution in [0, 0.1) is 11.3 Å². The summed E-state index contributed by atoms with van der Waals surface area (Å²) in [6.07, 6.45) is 1.76. The number of carbonyl (C=O) groups is 1. The summed E-state index contributed by atoms with van der Waals surface area (Å²) in [7, 11) is 1.61. The van der Waals surface area contributed by atoms with Crippen molar-refractivity contribution in [1.82, 2.24) is 19.4 Å². The van der Waals surface area contributed by atoms with Crippen molar-refractivity contribution in [3.8, 4) is 11.8 Å². The van der Waals surface area contributed by atoms with Gasteiger partial charge < -0.3 is 9.64 Å². The van der Waals surface area contributed by atoms with Crippen LogP contribution in [0.15, 0.2) is 46.8 Å². The standard InChI is InChI=1S/C22H23N5O3S/c1-30-17-4-2-16(3-5-17)19(14-23)25-9-11-26(12-10-25)20(28)6-8-27-15-24-21-18(22(27)29)7-13-31-21/h2-5,7,13,15,19H,6,8-12H2,1H3. The monoisotopic (exact) mass is 437 g/mol. The van der Waals surface area contributed by atoms with Gasteiger partial charge in [-0.2, -0.15) is 5.26 Å². The summed E-state index contributed by atoms with van der Waals surface area (Å²) in [5.41, 5.74) is 0.805. The minimum Gasteiger partial charge on any atom is -0.497 e. The molecule has 1 saturated heterocycles. The van der Waals surface area contributed by atoms with Crippen molar-refractivity contribution in [2.24, 2.45) is 0 Å². The molecule has 3 aromatic rings. The van der Waals surface area contributed by atoms with Crippen LogP contribution in [0.1, 0.15) is 18.0 Å². The molecule has 0 saturated carbocycles. The van der Waals surface area contributed by atoms with E-state index in [1.54, 1.807) is 18.1 Å². The van der Waals surface area contributed by atoms with Crippen molar-refractivity contribution in [3.05, 3.63) is 58.0 Å². The number of nitrogens with zero attached hydrogens (tertiary/aromatic N) is 5. The van der Waals surface area contributed by atoms with Crippen molar-refractivity contribution < 1.29 is 9.53 Å². The molecule has 1 aromatic carbocycles. The van der Waals surface area contributed by atoms with Crippen LogP contribution in [0.25, 0.3) is 10.2 Å². The van der Waals surface area contributed by atoms with Crippen molar-refractivity contribution in [1.29, 1.82) is 5.26 Å². The minimum absolute atomic E-state index is 0.00919. The molecule has 1 amide bonds. The fraction of sp³-hybridized carbons (Fsp3) is 0.364. The molecule has 1 aliphatic heterocycles. The van der Waals surface area contributed by atoms with E-state index < -0.39 is 0 Å². The van der Waals surface area contributed by atoms with Gasteiger partial charge in [0, 0.05) is 39.1 Å². The second kappa shape index (κ2) is 9.29. The van der Waals surface area contributed by atoms with E-state index in [4.69, 9.17) is 4.74 Å². The maximum Gasteiger partial charge on any atom is 0.262 e. The van der Waals surface area contributed by atoms with E-state index in [-0.39, 0.29) is 23.9 Å². The van der Waals surface area contributed by atoms with Gasteiger partial charge in [-0.15, -0.1) is 11.3 Å². The summed E-state index contributed by atoms with van der Waals surface area (Å²) in [6.45, 7) is 2.67. The number of carbonyl (C=O) groups excluding carboxylic acids is 1. The lowest BCUT2D eigenvalue weighted by atomic mass is 10.1. The van der Waals surface area contributed by atoms with Gasteiger partial charge in [-0.25, -0.2) is 4.98 Å². The first-order valence-corrected chi connectivity index (χ1v) is 11.0. The van der Waals surface area contributed by atoms with Crippen molar-refractivity contribution in [3.63, 3.8) is 0 Å². The van der Waals surface area contributed by atoms with Crippen LogP contribution in [0.5, 0.6) is 5.75 Å². The number of fused-ring (bicyclic) bond motifs is 1. The summed E-state index contributed by atoms with van der Waals surface area (Å²) in [6, 6.07) is 11.3. The average molecular weight is 438 g/mol. The van der Waals surface area contributed by atoms with Gasteiger partial charge in [0.1, 0.15) is 16.6 Å². The maximum absolute atomic E-state index is 12.7. The molecule has 2 aromatic heterocycles. The molecular formula is C22H23N5O3S. The van der Waals surface area contributed by atoms with Gasteiger partial charge in [-0.3, -0.25) is 19.1 Å². The summed E-state index contributed by atoms with van der Waals surface area (Å²) < 4.78 is 6.68. The fourth-order valence-electron chi connectivity index (χ4n) is 3.81. The Bertz CT molecular complexity index is 1160. The third-order valence-electron chi connectivity index (χ3n) is 5.60. The molecule has 1 aliphatic rings. The summed E-state index contributed by atoms with van der Waals surface area (Å²) in [4.78, 5) is 34.0. The molecule has 8 nitrogen and oxygen atoms in total. The number of hydrogen-bond acceptors (Lipinski definition) is 7. The Morgan fingerprint density at radius 3 is 2.65 bits per heavy atom. The Morgan fingerprint density at radius 1 is 1.23 bits per heavy atom. The molecule has 31 heavy (non-hydrogen) atoms. The van der Waals surface area contributed by atoms with Gasteiger partial charge in [-0.1, -0.05) is 12.1 Å². The lowest BCUT2D eigenvalue weighted by Crippen LogP contribution is -2.49. The minimum atomic E-state index is -0.356. The molecule has 160 valence electrons. The molecule has 1 atom stereocenters. The van der Waals surface area contributed by atoms with Crippen molar-refractivity contribution >= 4 is 27.5 Å². The quantitative estimate of drug-likeness (QED) is 0.588. The number of aromatic nitrogens is 2. The van der Waals surface area contributed by atoms with Crippen LogP contribution in [-0.2, 0) is 11.3 Å². The van der Waals surface area contributed by atoms with Crippen LogP contribution >= 0.6 is 11.3 Å². The van der Waals surface area contributed by atoms with Gasteiger partial charge in [0.15, 0.2) is 0 Å². The summed E-state index contributed by atoms with van der Waals surface area (Å²) in [5.74, 6) is 0.762. The summed E-state index contributed by atoms with van der Waals surface area (Å²) >= 11 is 1.43. The number of amides is 1. The van der Waals surface area contributed by atoms with Crippen molar-refractivity contribution in [2.45, 2.75) is 19.0 Å². The first-order chi connectivity index (χ1) is 15.1. The zero-order chi connectivity index (χ0) is 21.8. The lowest BCUT2D eigenvalue weighted by Gasteiger charge is -2.37. The molecule has 0 radical (unpaired) electrons. The second-order valence-electron chi connectivity index (χ2n) is 7.35. The van der Waals surface area contributed by atoms with E-state index in [2.05, 4.69) is 16.0 Å². The number of aryl methyl sites for hydroxylation is 1. The molecule has 1 fully saturated rings. The molecule has 0 spiro atoms. The number of methoxy groups -OCH3 is 1. The van der Waals surface area contributed by atoms with E-state index in [0.717, 1.165) is 11.3 Å². The van der Waals surface area contributed by atoms with Crippen LogP contribution in [0.3, 0.4) is 0 Å². The third kappa shape index (κ3) is 4.45. The second-order valence-corrected chi connectivity index (χ2v) is 8.25. The Kier molecular flexibility index (Phi) is 6.30. The Balaban J connectivity index is 1.33. The number of rotatable bonds is 6. The maximum atomic E-state index is 12.7. The summed E-state index contributed by atoms with van der Waals surface area (Å²) in [5, 5.41) is 12.1. The van der Waals surface area contributed by atoms with Gasteiger partial charge in [0.25, 0.3) is 5.56 Å². The molecule has 0 aliphatic carbocycles. The van der Waals surface area contributed by atoms with Crippen molar-refractivity contribution in [2.75, 3.05) is 33.3 Å². The van der Waals surface area contributed by atoms with Gasteiger partial charge in [0.05, 0.1) is 24.9 Å². The first-order valence-electron chi connectivity index (χ1n) is 10.1. The Hall–Kier alpha value is -3.22. The lowest BCUT2D eigenvalue weighted by molar-refractivity contribution is -0.133. The fourth-order valence-corrected chi connectivity index (χ4v) is 4.53. The van der Waals surface area contributed by atoms with E-state index >= 15 is 0 Å². The van der Waals surface area contributed by atoms with Gasteiger partial charge in [0.2, 0.25) is 5.91 Å². The SMILES string of the molecule is COc1ccc(C(C#N)N2CCN(C(=O)CCn3cnc4sccc4c3=O)CC2)cc1. The first kappa shape index (κ1) is 21.0. The number of nitriles is 1. The highest BCUT2D eigenvalue weighted by molar-refractivity contribution is 7.16. The van der Waals surface area contributed by atoms with E-state index in [1.165, 1.54) is 22.2 Å². The normalized spacial score (nSPS) is 15.5. The topological polar surface area (TPSA) is 91.5 Å². The predicted molar refractivity (Wildman–Crippen MR) is 118 cm³/mol. The predicted octanol–water partition coefficient (Wildman–Crippen LogP) is 2.27. The van der Waals surface area contributed by atoms with Gasteiger partial charge in [-0.05, 0) is 29.1 Å². The van der Waals surface area contributed by atoms with Crippen LogP contribution in [0.4, 0.5) is 0 Å². The largest absolute Gasteiger partial charge is 0.497 e.